The third kappa shape index (κ3) is 3.32. The maximum absolute atomic E-state index is 12.1. The molecule has 3 rings (SSSR count). The number of carbonyl (C=O) groups is 1. The van der Waals surface area contributed by atoms with Gasteiger partial charge in [-0.1, -0.05) is 6.07 Å². The molecular formula is C15H18N4O2S. The minimum atomic E-state index is -0.569. The van der Waals surface area contributed by atoms with Crippen molar-refractivity contribution >= 4 is 17.2 Å². The van der Waals surface area contributed by atoms with Crippen molar-refractivity contribution in [1.29, 1.82) is 0 Å². The highest BCUT2D eigenvalue weighted by Crippen LogP contribution is 2.19. The van der Waals surface area contributed by atoms with Gasteiger partial charge in [0.05, 0.1) is 23.4 Å². The number of aromatic nitrogens is 2. The molecule has 1 amide bonds. The second-order valence-electron chi connectivity index (χ2n) is 5.42. The van der Waals surface area contributed by atoms with Gasteiger partial charge in [0.1, 0.15) is 5.69 Å². The average Bonchev–Trinajstić information content (AvgIpc) is 3.07. The first kappa shape index (κ1) is 15.1. The van der Waals surface area contributed by atoms with E-state index in [0.29, 0.717) is 18.8 Å². The average molecular weight is 318 g/mol. The number of aliphatic hydroxyl groups is 1. The van der Waals surface area contributed by atoms with Gasteiger partial charge in [0.2, 0.25) is 0 Å². The van der Waals surface area contributed by atoms with Crippen molar-refractivity contribution in [2.24, 2.45) is 0 Å². The van der Waals surface area contributed by atoms with Crippen LogP contribution in [0.15, 0.2) is 29.9 Å². The number of thiazole rings is 1. The van der Waals surface area contributed by atoms with Gasteiger partial charge in [-0.25, -0.2) is 4.98 Å². The van der Waals surface area contributed by atoms with Crippen LogP contribution in [-0.4, -0.2) is 51.1 Å². The number of carbonyl (C=O) groups excluding carboxylic acids is 1. The number of amides is 1. The lowest BCUT2D eigenvalue weighted by Crippen LogP contribution is -2.43. The standard InChI is InChI=1S/C15H18N4O2S/c1-10-14(22-9-17-10)8-19-6-12(13(20)7-19)18-15(21)11-4-2-3-5-16-11/h2-5,9,12-13,20H,6-8H2,1H3,(H,18,21)/t12-,13-/m1/s1. The van der Waals surface area contributed by atoms with Gasteiger partial charge in [0, 0.05) is 30.7 Å². The Kier molecular flexibility index (Phi) is 4.47. The Hall–Kier alpha value is -1.83. The van der Waals surface area contributed by atoms with Gasteiger partial charge in [-0.05, 0) is 19.1 Å². The van der Waals surface area contributed by atoms with Gasteiger partial charge in [0.15, 0.2) is 0 Å². The number of hydrogen-bond acceptors (Lipinski definition) is 6. The van der Waals surface area contributed by atoms with Crippen molar-refractivity contribution in [3.05, 3.63) is 46.2 Å². The fourth-order valence-corrected chi connectivity index (χ4v) is 3.38. The molecule has 1 aliphatic heterocycles. The second kappa shape index (κ2) is 6.51. The highest BCUT2D eigenvalue weighted by molar-refractivity contribution is 7.09. The third-order valence-corrected chi connectivity index (χ3v) is 4.71. The zero-order chi connectivity index (χ0) is 15.5. The molecule has 0 aromatic carbocycles. The lowest BCUT2D eigenvalue weighted by Gasteiger charge is -2.16. The number of hydrogen-bond donors (Lipinski definition) is 2. The van der Waals surface area contributed by atoms with Crippen molar-refractivity contribution in [3.63, 3.8) is 0 Å². The lowest BCUT2D eigenvalue weighted by molar-refractivity contribution is 0.0883. The first-order valence-corrected chi connectivity index (χ1v) is 8.02. The van der Waals surface area contributed by atoms with Crippen LogP contribution >= 0.6 is 11.3 Å². The zero-order valence-electron chi connectivity index (χ0n) is 12.3. The predicted molar refractivity (Wildman–Crippen MR) is 83.6 cm³/mol. The van der Waals surface area contributed by atoms with E-state index in [9.17, 15) is 9.90 Å². The molecule has 2 N–H and O–H groups in total. The summed E-state index contributed by atoms with van der Waals surface area (Å²) in [6, 6.07) is 4.92. The Morgan fingerprint density at radius 2 is 2.32 bits per heavy atom. The molecule has 116 valence electrons. The van der Waals surface area contributed by atoms with Crippen molar-refractivity contribution in [2.75, 3.05) is 13.1 Å². The van der Waals surface area contributed by atoms with E-state index in [1.54, 1.807) is 35.7 Å². The Bertz CT molecular complexity index is 646. The van der Waals surface area contributed by atoms with Crippen LogP contribution in [0.1, 0.15) is 21.1 Å². The minimum Gasteiger partial charge on any atom is -0.390 e. The number of pyridine rings is 1. The molecule has 1 fully saturated rings. The summed E-state index contributed by atoms with van der Waals surface area (Å²) in [6.07, 6.45) is 1.01. The number of likely N-dealkylation sites (tertiary alicyclic amines) is 1. The van der Waals surface area contributed by atoms with E-state index in [4.69, 9.17) is 0 Å². The summed E-state index contributed by atoms with van der Waals surface area (Å²) in [7, 11) is 0. The Morgan fingerprint density at radius 3 is 3.00 bits per heavy atom. The summed E-state index contributed by atoms with van der Waals surface area (Å²) >= 11 is 1.62. The molecule has 6 nitrogen and oxygen atoms in total. The van der Waals surface area contributed by atoms with Crippen LogP contribution in [0.4, 0.5) is 0 Å². The molecule has 7 heteroatoms. The van der Waals surface area contributed by atoms with Crippen molar-refractivity contribution in [3.8, 4) is 0 Å². The van der Waals surface area contributed by atoms with Crippen molar-refractivity contribution in [2.45, 2.75) is 25.6 Å². The predicted octanol–water partition coefficient (Wildman–Crippen LogP) is 0.822. The first-order valence-electron chi connectivity index (χ1n) is 7.15. The second-order valence-corrected chi connectivity index (χ2v) is 6.36. The Labute approximate surface area is 132 Å². The monoisotopic (exact) mass is 318 g/mol. The van der Waals surface area contributed by atoms with Crippen molar-refractivity contribution in [1.82, 2.24) is 20.2 Å². The summed E-state index contributed by atoms with van der Waals surface area (Å²) in [5, 5.41) is 13.0. The number of nitrogens with zero attached hydrogens (tertiary/aromatic N) is 3. The molecule has 0 aliphatic carbocycles. The number of aryl methyl sites for hydroxylation is 1. The normalized spacial score (nSPS) is 21.9. The number of rotatable bonds is 4. The summed E-state index contributed by atoms with van der Waals surface area (Å²) < 4.78 is 0. The summed E-state index contributed by atoms with van der Waals surface area (Å²) in [4.78, 5) is 23.7. The van der Waals surface area contributed by atoms with Crippen LogP contribution in [0.5, 0.6) is 0 Å². The molecule has 0 unspecified atom stereocenters. The van der Waals surface area contributed by atoms with E-state index in [-0.39, 0.29) is 11.9 Å². The summed E-state index contributed by atoms with van der Waals surface area (Å²) in [6.45, 7) is 3.91. The number of β-amino-alcohol motifs (C(OH)–C–C–N with tert-alkyl or cyclic N) is 1. The molecule has 2 aromatic rings. The van der Waals surface area contributed by atoms with Gasteiger partial charge in [-0.15, -0.1) is 11.3 Å². The lowest BCUT2D eigenvalue weighted by atomic mass is 10.2. The number of nitrogens with one attached hydrogen (secondary N) is 1. The largest absolute Gasteiger partial charge is 0.390 e. The van der Waals surface area contributed by atoms with Gasteiger partial charge < -0.3 is 10.4 Å². The summed E-state index contributed by atoms with van der Waals surface area (Å²) in [5.41, 5.74) is 3.23. The number of aliphatic hydroxyl groups excluding tert-OH is 1. The van der Waals surface area contributed by atoms with Crippen LogP contribution in [0.3, 0.4) is 0 Å². The molecule has 3 heterocycles. The van der Waals surface area contributed by atoms with Crippen LogP contribution in [0, 0.1) is 6.92 Å². The molecule has 22 heavy (non-hydrogen) atoms. The van der Waals surface area contributed by atoms with Gasteiger partial charge in [-0.3, -0.25) is 14.7 Å². The van der Waals surface area contributed by atoms with Gasteiger partial charge in [-0.2, -0.15) is 0 Å². The van der Waals surface area contributed by atoms with E-state index in [0.717, 1.165) is 12.2 Å². The zero-order valence-corrected chi connectivity index (χ0v) is 13.1. The maximum Gasteiger partial charge on any atom is 0.270 e. The molecule has 0 spiro atoms. The molecule has 0 saturated carbocycles. The topological polar surface area (TPSA) is 78.4 Å². The van der Waals surface area contributed by atoms with Gasteiger partial charge in [0.25, 0.3) is 5.91 Å². The Morgan fingerprint density at radius 1 is 1.45 bits per heavy atom. The smallest absolute Gasteiger partial charge is 0.270 e. The SMILES string of the molecule is Cc1ncsc1CN1C[C@@H](O)[C@H](NC(=O)c2ccccn2)C1. The van der Waals surface area contributed by atoms with E-state index in [1.807, 2.05) is 12.4 Å². The van der Waals surface area contributed by atoms with E-state index in [1.165, 1.54) is 4.88 Å². The molecule has 1 saturated heterocycles. The third-order valence-electron chi connectivity index (χ3n) is 3.79. The highest BCUT2D eigenvalue weighted by atomic mass is 32.1. The molecule has 2 atom stereocenters. The quantitative estimate of drug-likeness (QED) is 0.873. The van der Waals surface area contributed by atoms with Gasteiger partial charge >= 0.3 is 0 Å². The fourth-order valence-electron chi connectivity index (χ4n) is 2.56. The van der Waals surface area contributed by atoms with Crippen molar-refractivity contribution < 1.29 is 9.90 Å². The molecule has 0 radical (unpaired) electrons. The first-order chi connectivity index (χ1) is 10.6. The fraction of sp³-hybridized carbons (Fsp3) is 0.400. The molecular weight excluding hydrogens is 300 g/mol. The van der Waals surface area contributed by atoms with Crippen LogP contribution in [0.25, 0.3) is 0 Å². The van der Waals surface area contributed by atoms with Crippen LogP contribution in [-0.2, 0) is 6.54 Å². The van der Waals surface area contributed by atoms with Crippen LogP contribution < -0.4 is 5.32 Å². The summed E-state index contributed by atoms with van der Waals surface area (Å²) in [5.74, 6) is -0.250. The molecule has 0 bridgehead atoms. The van der Waals surface area contributed by atoms with Crippen LogP contribution in [0.2, 0.25) is 0 Å². The molecule has 1 aliphatic rings. The molecule has 2 aromatic heterocycles. The maximum atomic E-state index is 12.1. The minimum absolute atomic E-state index is 0.250. The van der Waals surface area contributed by atoms with E-state index < -0.39 is 6.10 Å². The van der Waals surface area contributed by atoms with E-state index in [2.05, 4.69) is 20.2 Å². The Balaban J connectivity index is 1.59. The highest BCUT2D eigenvalue weighted by Gasteiger charge is 2.33. The van der Waals surface area contributed by atoms with E-state index >= 15 is 0 Å².